The topological polar surface area (TPSA) is 32.1 Å². The van der Waals surface area contributed by atoms with Crippen LogP contribution >= 0.6 is 0 Å². The molecular weight excluding hydrogens is 438 g/mol. The predicted octanol–water partition coefficient (Wildman–Crippen LogP) is 3.28. The summed E-state index contributed by atoms with van der Waals surface area (Å²) in [5.41, 5.74) is 0.413. The van der Waals surface area contributed by atoms with Gasteiger partial charge in [-0.15, -0.1) is 0 Å². The van der Waals surface area contributed by atoms with Crippen LogP contribution < -0.4 is 17.3 Å². The van der Waals surface area contributed by atoms with Crippen molar-refractivity contribution in [3.63, 3.8) is 0 Å². The standard InChI is InChI=1S/C26H57NO3Si.ClH/c1-8-10-11-12-13-16-19-22-25(26(9-2)31(28-5,29-6)30-7)23-20-17-14-15-18-21-24-27(3)4;/h25-26H,8-24H2,1-7H3;1H. The molecule has 0 aromatic rings. The summed E-state index contributed by atoms with van der Waals surface area (Å²) >= 11 is 0. The Balaban J connectivity index is 0. The Morgan fingerprint density at radius 1 is 0.625 bits per heavy atom. The van der Waals surface area contributed by atoms with E-state index in [-0.39, 0.29) is 12.4 Å². The van der Waals surface area contributed by atoms with Gasteiger partial charge in [0.15, 0.2) is 0 Å². The quantitative estimate of drug-likeness (QED) is 0.174. The number of halogens is 1. The molecule has 6 heteroatoms. The summed E-state index contributed by atoms with van der Waals surface area (Å²) < 4.78 is 17.8. The summed E-state index contributed by atoms with van der Waals surface area (Å²) in [4.78, 5) is 1.57. The van der Waals surface area contributed by atoms with E-state index in [0.717, 1.165) is 6.42 Å². The minimum absolute atomic E-state index is 0. The second kappa shape index (κ2) is 23.1. The van der Waals surface area contributed by atoms with Crippen LogP contribution in [0.25, 0.3) is 0 Å². The monoisotopic (exact) mass is 495 g/mol. The molecule has 0 fully saturated rings. The fourth-order valence-electron chi connectivity index (χ4n) is 5.08. The first-order valence-electron chi connectivity index (χ1n) is 13.5. The van der Waals surface area contributed by atoms with Crippen LogP contribution in [0.15, 0.2) is 0 Å². The largest absolute Gasteiger partial charge is 1.00 e. The summed E-state index contributed by atoms with van der Waals surface area (Å²) in [7, 11) is 7.24. The molecule has 1 N–H and O–H groups in total. The third-order valence-electron chi connectivity index (χ3n) is 7.00. The number of nitrogens with one attached hydrogen (secondary N) is 1. The molecule has 0 radical (unpaired) electrons. The van der Waals surface area contributed by atoms with E-state index in [1.54, 1.807) is 26.2 Å². The van der Waals surface area contributed by atoms with Crippen molar-refractivity contribution in [2.45, 2.75) is 122 Å². The van der Waals surface area contributed by atoms with Crippen molar-refractivity contribution >= 4 is 8.80 Å². The van der Waals surface area contributed by atoms with Gasteiger partial charge in [-0.05, 0) is 25.2 Å². The first kappa shape index (κ1) is 34.5. The Hall–Kier alpha value is 0.347. The molecule has 0 aliphatic heterocycles. The van der Waals surface area contributed by atoms with E-state index >= 15 is 0 Å². The van der Waals surface area contributed by atoms with Crippen LogP contribution in [-0.2, 0) is 13.3 Å². The molecule has 2 atom stereocenters. The average Bonchev–Trinajstić information content (AvgIpc) is 2.77. The van der Waals surface area contributed by atoms with E-state index < -0.39 is 8.80 Å². The van der Waals surface area contributed by atoms with Crippen molar-refractivity contribution in [2.75, 3.05) is 42.0 Å². The third kappa shape index (κ3) is 15.3. The smallest absolute Gasteiger partial charge is 0.503 e. The first-order chi connectivity index (χ1) is 15.0. The molecule has 0 saturated heterocycles. The molecule has 0 saturated carbocycles. The van der Waals surface area contributed by atoms with Crippen molar-refractivity contribution in [1.29, 1.82) is 0 Å². The van der Waals surface area contributed by atoms with Crippen molar-refractivity contribution in [3.05, 3.63) is 0 Å². The average molecular weight is 496 g/mol. The fraction of sp³-hybridized carbons (Fsp3) is 1.00. The van der Waals surface area contributed by atoms with Crippen LogP contribution in [0.4, 0.5) is 0 Å². The molecule has 0 spiro atoms. The van der Waals surface area contributed by atoms with E-state index in [1.807, 2.05) is 0 Å². The zero-order chi connectivity index (χ0) is 23.4. The van der Waals surface area contributed by atoms with Gasteiger partial charge in [0.1, 0.15) is 0 Å². The summed E-state index contributed by atoms with van der Waals surface area (Å²) in [6.45, 7) is 5.88. The maximum atomic E-state index is 5.93. The number of rotatable bonds is 23. The maximum Gasteiger partial charge on any atom is 0.503 e. The molecule has 0 bridgehead atoms. The van der Waals surface area contributed by atoms with Crippen LogP contribution in [-0.4, -0.2) is 50.8 Å². The van der Waals surface area contributed by atoms with Gasteiger partial charge in [0.25, 0.3) is 0 Å². The molecule has 196 valence electrons. The second-order valence-corrected chi connectivity index (χ2v) is 12.9. The van der Waals surface area contributed by atoms with E-state index in [1.165, 1.54) is 103 Å². The van der Waals surface area contributed by atoms with E-state index in [2.05, 4.69) is 27.9 Å². The molecule has 0 aliphatic carbocycles. The lowest BCUT2D eigenvalue weighted by Gasteiger charge is -2.37. The second-order valence-electron chi connectivity index (χ2n) is 9.77. The van der Waals surface area contributed by atoms with Crippen LogP contribution in [0, 0.1) is 5.92 Å². The lowest BCUT2D eigenvalue weighted by Crippen LogP contribution is -3.05. The lowest BCUT2D eigenvalue weighted by molar-refractivity contribution is -0.858. The van der Waals surface area contributed by atoms with Gasteiger partial charge in [-0.25, -0.2) is 0 Å². The Morgan fingerprint density at radius 2 is 1.03 bits per heavy atom. The lowest BCUT2D eigenvalue weighted by atomic mass is 9.90. The molecule has 0 aliphatic rings. The maximum absolute atomic E-state index is 5.93. The molecule has 0 rings (SSSR count). The van der Waals surface area contributed by atoms with Gasteiger partial charge in [0.05, 0.1) is 20.6 Å². The Kier molecular flexibility index (Phi) is 24.9. The van der Waals surface area contributed by atoms with Crippen molar-refractivity contribution in [1.82, 2.24) is 0 Å². The van der Waals surface area contributed by atoms with Gasteiger partial charge in [-0.3, -0.25) is 0 Å². The Labute approximate surface area is 209 Å². The van der Waals surface area contributed by atoms with Gasteiger partial charge < -0.3 is 30.6 Å². The molecule has 0 aromatic carbocycles. The van der Waals surface area contributed by atoms with Gasteiger partial charge in [-0.2, -0.15) is 0 Å². The Morgan fingerprint density at radius 3 is 1.41 bits per heavy atom. The van der Waals surface area contributed by atoms with E-state index in [4.69, 9.17) is 13.3 Å². The molecule has 2 unspecified atom stereocenters. The SMILES string of the molecule is CCCCCCCCCC(CCCCCCCC[NH+](C)C)C(CC)[Si](OC)(OC)OC.[Cl-]. The van der Waals surface area contributed by atoms with Gasteiger partial charge >= 0.3 is 8.80 Å². The Bertz CT molecular complexity index is 376. The van der Waals surface area contributed by atoms with Gasteiger partial charge in [0, 0.05) is 26.9 Å². The van der Waals surface area contributed by atoms with Crippen LogP contribution in [0.2, 0.25) is 5.54 Å². The van der Waals surface area contributed by atoms with Crippen molar-refractivity contribution in [2.24, 2.45) is 5.92 Å². The normalized spacial score (nSPS) is 13.9. The van der Waals surface area contributed by atoms with Crippen molar-refractivity contribution < 1.29 is 30.6 Å². The zero-order valence-electron chi connectivity index (χ0n) is 22.8. The van der Waals surface area contributed by atoms with E-state index in [9.17, 15) is 0 Å². The van der Waals surface area contributed by atoms with Crippen molar-refractivity contribution in [3.8, 4) is 0 Å². The molecular formula is C26H58ClNO3Si. The number of hydrogen-bond donors (Lipinski definition) is 1. The first-order valence-corrected chi connectivity index (χ1v) is 15.3. The molecule has 32 heavy (non-hydrogen) atoms. The summed E-state index contributed by atoms with van der Waals surface area (Å²) in [6.07, 6.45) is 21.5. The molecule has 0 amide bonds. The summed E-state index contributed by atoms with van der Waals surface area (Å²) in [6, 6.07) is 0. The van der Waals surface area contributed by atoms with Gasteiger partial charge in [-0.1, -0.05) is 97.3 Å². The number of quaternary nitrogens is 1. The highest BCUT2D eigenvalue weighted by atomic mass is 35.5. The number of hydrogen-bond acceptors (Lipinski definition) is 3. The van der Waals surface area contributed by atoms with Crippen LogP contribution in [0.5, 0.6) is 0 Å². The molecule has 4 nitrogen and oxygen atoms in total. The number of unbranched alkanes of at least 4 members (excludes halogenated alkanes) is 11. The van der Waals surface area contributed by atoms with Crippen LogP contribution in [0.3, 0.4) is 0 Å². The summed E-state index contributed by atoms with van der Waals surface area (Å²) in [5, 5.41) is 0. The third-order valence-corrected chi connectivity index (χ3v) is 10.5. The predicted molar refractivity (Wildman–Crippen MR) is 137 cm³/mol. The molecule has 0 heterocycles. The van der Waals surface area contributed by atoms with Gasteiger partial charge in [0.2, 0.25) is 0 Å². The van der Waals surface area contributed by atoms with Crippen LogP contribution in [0.1, 0.15) is 117 Å². The highest BCUT2D eigenvalue weighted by molar-refractivity contribution is 6.62. The summed E-state index contributed by atoms with van der Waals surface area (Å²) in [5.74, 6) is 0.657. The van der Waals surface area contributed by atoms with E-state index in [0.29, 0.717) is 11.5 Å². The minimum atomic E-state index is -2.60. The highest BCUT2D eigenvalue weighted by Crippen LogP contribution is 2.40. The fourth-order valence-corrected chi connectivity index (χ4v) is 7.90. The zero-order valence-corrected chi connectivity index (χ0v) is 24.5. The highest BCUT2D eigenvalue weighted by Gasteiger charge is 2.49. The molecule has 0 aromatic heterocycles. The minimum Gasteiger partial charge on any atom is -1.00 e.